The molecular weight excluding hydrogens is 508 g/mol. The first kappa shape index (κ1) is 25.0. The second kappa shape index (κ2) is 10.4. The molecule has 2 aliphatic rings. The molecule has 9 nitrogen and oxygen atoms in total. The van der Waals surface area contributed by atoms with Crippen molar-refractivity contribution in [3.8, 4) is 0 Å². The fourth-order valence-corrected chi connectivity index (χ4v) is 5.78. The number of halogens is 3. The number of rotatable bonds is 6. The normalized spacial score (nSPS) is 24.6. The van der Waals surface area contributed by atoms with E-state index in [9.17, 15) is 14.3 Å². The van der Waals surface area contributed by atoms with Crippen molar-refractivity contribution >= 4 is 57.9 Å². The number of hydrogen-bond acceptors (Lipinski definition) is 7. The number of hydrogen-bond donors (Lipinski definition) is 4. The van der Waals surface area contributed by atoms with Gasteiger partial charge in [-0.05, 0) is 63.5 Å². The van der Waals surface area contributed by atoms with E-state index in [1.807, 2.05) is 4.57 Å². The summed E-state index contributed by atoms with van der Waals surface area (Å²) >= 11 is 12.2. The van der Waals surface area contributed by atoms with Gasteiger partial charge in [0.1, 0.15) is 11.3 Å². The highest BCUT2D eigenvalue weighted by Gasteiger charge is 2.30. The lowest BCUT2D eigenvalue weighted by Crippen LogP contribution is -2.30. The van der Waals surface area contributed by atoms with E-state index in [1.54, 1.807) is 6.20 Å². The van der Waals surface area contributed by atoms with E-state index in [0.29, 0.717) is 55.2 Å². The first-order valence-electron chi connectivity index (χ1n) is 12.2. The van der Waals surface area contributed by atoms with Gasteiger partial charge < -0.3 is 21.5 Å². The minimum atomic E-state index is -0.604. The van der Waals surface area contributed by atoms with E-state index in [4.69, 9.17) is 33.9 Å². The van der Waals surface area contributed by atoms with Crippen LogP contribution >= 0.6 is 23.2 Å². The molecule has 1 aromatic carbocycles. The Hall–Kier alpha value is -2.69. The number of benzene rings is 1. The lowest BCUT2D eigenvalue weighted by atomic mass is 9.85. The van der Waals surface area contributed by atoms with Crippen molar-refractivity contribution in [2.45, 2.75) is 69.6 Å². The topological polar surface area (TPSA) is 131 Å². The number of carbonyl (C=O) groups excluding carboxylic acids is 1. The highest BCUT2D eigenvalue weighted by Crippen LogP contribution is 2.38. The lowest BCUT2D eigenvalue weighted by molar-refractivity contribution is -0.122. The number of carbonyl (C=O) groups is 1. The van der Waals surface area contributed by atoms with Crippen LogP contribution in [0.5, 0.6) is 0 Å². The molecule has 0 unspecified atom stereocenters. The molecule has 12 heteroatoms. The predicted octanol–water partition coefficient (Wildman–Crippen LogP) is 4.95. The van der Waals surface area contributed by atoms with Gasteiger partial charge in [-0.2, -0.15) is 4.98 Å². The molecule has 5 N–H and O–H groups in total. The summed E-state index contributed by atoms with van der Waals surface area (Å²) in [6.45, 7) is 0. The third kappa shape index (κ3) is 5.21. The van der Waals surface area contributed by atoms with Gasteiger partial charge in [0, 0.05) is 23.0 Å². The van der Waals surface area contributed by atoms with Crippen LogP contribution in [0.3, 0.4) is 0 Å². The number of nitrogens with one attached hydrogen (secondary N) is 2. The van der Waals surface area contributed by atoms with Crippen molar-refractivity contribution in [1.82, 2.24) is 19.5 Å². The summed E-state index contributed by atoms with van der Waals surface area (Å²) in [5.41, 5.74) is 6.71. The van der Waals surface area contributed by atoms with Crippen LogP contribution in [0.2, 0.25) is 10.0 Å². The summed E-state index contributed by atoms with van der Waals surface area (Å²) in [6, 6.07) is 2.68. The smallest absolute Gasteiger partial charge is 0.224 e. The molecule has 2 fully saturated rings. The lowest BCUT2D eigenvalue weighted by Gasteiger charge is -2.29. The third-order valence-electron chi connectivity index (χ3n) is 7.12. The van der Waals surface area contributed by atoms with Crippen LogP contribution in [0.4, 0.5) is 22.0 Å². The molecule has 0 aliphatic heterocycles. The Balaban J connectivity index is 1.51. The second-order valence-electron chi connectivity index (χ2n) is 9.65. The van der Waals surface area contributed by atoms with Crippen molar-refractivity contribution in [3.05, 3.63) is 34.2 Å². The molecule has 0 saturated heterocycles. The molecular formula is C24H28Cl2FN7O2. The van der Waals surface area contributed by atoms with Crippen molar-refractivity contribution in [3.63, 3.8) is 0 Å². The van der Waals surface area contributed by atoms with Crippen molar-refractivity contribution in [2.75, 3.05) is 10.6 Å². The van der Waals surface area contributed by atoms with Gasteiger partial charge in [0.25, 0.3) is 0 Å². The van der Waals surface area contributed by atoms with Gasteiger partial charge in [-0.15, -0.1) is 0 Å². The summed E-state index contributed by atoms with van der Waals surface area (Å²) in [7, 11) is 0. The van der Waals surface area contributed by atoms with E-state index in [0.717, 1.165) is 19.3 Å². The number of aromatic nitrogens is 4. The highest BCUT2D eigenvalue weighted by molar-refractivity contribution is 6.36. The van der Waals surface area contributed by atoms with E-state index in [2.05, 4.69) is 20.6 Å². The largest absolute Gasteiger partial charge is 0.393 e. The average Bonchev–Trinajstić information content (AvgIpc) is 3.18. The van der Waals surface area contributed by atoms with Crippen molar-refractivity contribution < 1.29 is 14.3 Å². The Morgan fingerprint density at radius 2 is 1.92 bits per heavy atom. The summed E-state index contributed by atoms with van der Waals surface area (Å²) < 4.78 is 16.7. The fraction of sp³-hybridized carbons (Fsp3) is 0.500. The maximum atomic E-state index is 14.7. The van der Waals surface area contributed by atoms with Gasteiger partial charge in [-0.3, -0.25) is 9.36 Å². The molecule has 1 amide bonds. The van der Waals surface area contributed by atoms with Gasteiger partial charge in [0.15, 0.2) is 5.65 Å². The van der Waals surface area contributed by atoms with Crippen LogP contribution in [-0.2, 0) is 4.79 Å². The Labute approximate surface area is 217 Å². The Morgan fingerprint density at radius 1 is 1.14 bits per heavy atom. The third-order valence-corrected chi connectivity index (χ3v) is 7.64. The summed E-state index contributed by atoms with van der Waals surface area (Å²) in [5.74, 6) is -0.250. The fourth-order valence-electron chi connectivity index (χ4n) is 5.26. The molecule has 0 bridgehead atoms. The summed E-state index contributed by atoms with van der Waals surface area (Å²) in [6.07, 6.45) is 7.26. The van der Waals surface area contributed by atoms with E-state index < -0.39 is 5.82 Å². The van der Waals surface area contributed by atoms with Crippen molar-refractivity contribution in [1.29, 1.82) is 0 Å². The molecule has 3 aromatic rings. The standard InChI is InChI=1S/C24H28Cl2FN7O2/c25-13-8-17(26)20(18(27)9-13)32-24-31-19-11-29-23(30-14-2-1-3-16(35)10-14)33-22(19)34(24)15-6-4-12(5-7-15)21(28)36/h8-9,11-12,14-16,35H,1-7,10H2,(H2,28,36)(H,31,32)(H,29,30,33)/t12-,14-,15-,16+/m1/s1. The van der Waals surface area contributed by atoms with Crippen LogP contribution in [0.1, 0.15) is 57.4 Å². The molecule has 2 aliphatic carbocycles. The molecule has 36 heavy (non-hydrogen) atoms. The summed E-state index contributed by atoms with van der Waals surface area (Å²) in [5, 5.41) is 16.7. The van der Waals surface area contributed by atoms with Crippen LogP contribution < -0.4 is 16.4 Å². The number of imidazole rings is 1. The molecule has 2 aromatic heterocycles. The van der Waals surface area contributed by atoms with Crippen molar-refractivity contribution in [2.24, 2.45) is 11.7 Å². The van der Waals surface area contributed by atoms with Crippen LogP contribution in [0, 0.1) is 11.7 Å². The average molecular weight is 536 g/mol. The molecule has 0 radical (unpaired) electrons. The van der Waals surface area contributed by atoms with E-state index in [-0.39, 0.29) is 45.7 Å². The summed E-state index contributed by atoms with van der Waals surface area (Å²) in [4.78, 5) is 25.5. The van der Waals surface area contributed by atoms with E-state index >= 15 is 0 Å². The number of nitrogens with zero attached hydrogens (tertiary/aromatic N) is 4. The first-order chi connectivity index (χ1) is 17.3. The zero-order chi connectivity index (χ0) is 25.4. The molecule has 192 valence electrons. The quantitative estimate of drug-likeness (QED) is 0.351. The zero-order valence-electron chi connectivity index (χ0n) is 19.6. The van der Waals surface area contributed by atoms with Gasteiger partial charge in [-0.1, -0.05) is 23.2 Å². The number of nitrogens with two attached hydrogens (primary N) is 1. The zero-order valence-corrected chi connectivity index (χ0v) is 21.1. The van der Waals surface area contributed by atoms with Gasteiger partial charge in [0.05, 0.1) is 23.0 Å². The number of aliphatic hydroxyl groups is 1. The maximum Gasteiger partial charge on any atom is 0.224 e. The Kier molecular flexibility index (Phi) is 7.18. The van der Waals surface area contributed by atoms with Gasteiger partial charge >= 0.3 is 0 Å². The van der Waals surface area contributed by atoms with Crippen LogP contribution in [0.15, 0.2) is 18.3 Å². The molecule has 2 atom stereocenters. The molecule has 2 heterocycles. The predicted molar refractivity (Wildman–Crippen MR) is 137 cm³/mol. The SMILES string of the molecule is NC(=O)[C@H]1CC[C@H](n2c(Nc3c(F)cc(Cl)cc3Cl)nc3cnc(N[C@@H]4CCC[C@H](O)C4)nc32)CC1. The second-order valence-corrected chi connectivity index (χ2v) is 10.5. The number of primary amides is 1. The van der Waals surface area contributed by atoms with Crippen LogP contribution in [-0.4, -0.2) is 42.7 Å². The monoisotopic (exact) mass is 535 g/mol. The molecule has 0 spiro atoms. The number of anilines is 3. The Morgan fingerprint density at radius 3 is 2.61 bits per heavy atom. The molecule has 5 rings (SSSR count). The highest BCUT2D eigenvalue weighted by atomic mass is 35.5. The number of aliphatic hydroxyl groups excluding tert-OH is 1. The minimum Gasteiger partial charge on any atom is -0.393 e. The van der Waals surface area contributed by atoms with Gasteiger partial charge in [0.2, 0.25) is 17.8 Å². The first-order valence-corrected chi connectivity index (χ1v) is 12.9. The number of amides is 1. The van der Waals surface area contributed by atoms with E-state index in [1.165, 1.54) is 12.1 Å². The molecule has 2 saturated carbocycles. The maximum absolute atomic E-state index is 14.7. The number of fused-ring (bicyclic) bond motifs is 1. The van der Waals surface area contributed by atoms with Gasteiger partial charge in [-0.25, -0.2) is 14.4 Å². The Bertz CT molecular complexity index is 1260. The minimum absolute atomic E-state index is 0.0403. The van der Waals surface area contributed by atoms with Crippen LogP contribution in [0.25, 0.3) is 11.2 Å².